The van der Waals surface area contributed by atoms with Gasteiger partial charge in [0.15, 0.2) is 5.75 Å². The van der Waals surface area contributed by atoms with Crippen molar-refractivity contribution in [2.24, 2.45) is 0 Å². The number of hydrogen-bond donors (Lipinski definition) is 0. The number of aryl methyl sites for hydroxylation is 1. The Hall–Kier alpha value is -3.67. The maximum Gasteiger partial charge on any atom is 0.256 e. The van der Waals surface area contributed by atoms with Crippen LogP contribution in [-0.2, 0) is 6.42 Å². The Morgan fingerprint density at radius 1 is 1.06 bits per heavy atom. The summed E-state index contributed by atoms with van der Waals surface area (Å²) in [6.45, 7) is 2.10. The molecule has 1 unspecified atom stereocenters. The molecular formula is C28H30N4O2. The van der Waals surface area contributed by atoms with Crippen molar-refractivity contribution < 1.29 is 9.47 Å². The van der Waals surface area contributed by atoms with Crippen molar-refractivity contribution in [3.63, 3.8) is 0 Å². The minimum Gasteiger partial charge on any atom is -0.485 e. The minimum absolute atomic E-state index is 0.0507. The zero-order valence-corrected chi connectivity index (χ0v) is 19.7. The Labute approximate surface area is 200 Å². The average molecular weight is 455 g/mol. The highest BCUT2D eigenvalue weighted by Gasteiger charge is 2.23. The molecular weight excluding hydrogens is 424 g/mol. The molecule has 0 radical (unpaired) electrons. The number of ether oxygens (including phenoxy) is 2. The van der Waals surface area contributed by atoms with Gasteiger partial charge >= 0.3 is 0 Å². The molecule has 1 fully saturated rings. The molecule has 174 valence electrons. The van der Waals surface area contributed by atoms with Crippen LogP contribution >= 0.6 is 0 Å². The standard InChI is InChI=1S/C28H30N4O2/c1-20-6-5-7-22(16-20)25-12-15-32(31-25)26(17-21-10-13-29-14-11-21)23-18-27(28(33-2)30-19-23)34-24-8-3-4-9-24/h5-7,10-16,18-19,24,26H,3-4,8-9,17H2,1-2H3. The fourth-order valence-corrected chi connectivity index (χ4v) is 4.63. The summed E-state index contributed by atoms with van der Waals surface area (Å²) >= 11 is 0. The van der Waals surface area contributed by atoms with Gasteiger partial charge in [-0.2, -0.15) is 5.10 Å². The topological polar surface area (TPSA) is 62.1 Å². The molecule has 1 aliphatic rings. The summed E-state index contributed by atoms with van der Waals surface area (Å²) < 4.78 is 13.9. The fraction of sp³-hybridized carbons (Fsp3) is 0.321. The molecule has 4 aromatic rings. The van der Waals surface area contributed by atoms with Crippen molar-refractivity contribution in [3.8, 4) is 22.9 Å². The second kappa shape index (κ2) is 10.1. The van der Waals surface area contributed by atoms with Crippen molar-refractivity contribution in [3.05, 3.63) is 90.0 Å². The quantitative estimate of drug-likeness (QED) is 0.336. The van der Waals surface area contributed by atoms with Gasteiger partial charge in [0.25, 0.3) is 5.88 Å². The van der Waals surface area contributed by atoms with Gasteiger partial charge in [0.05, 0.1) is 24.9 Å². The first-order valence-electron chi connectivity index (χ1n) is 11.9. The molecule has 0 bridgehead atoms. The first-order chi connectivity index (χ1) is 16.7. The zero-order chi connectivity index (χ0) is 23.3. The van der Waals surface area contributed by atoms with Crippen LogP contribution in [0.1, 0.15) is 48.4 Å². The normalized spacial score (nSPS) is 14.8. The van der Waals surface area contributed by atoms with E-state index < -0.39 is 0 Å². The molecule has 0 spiro atoms. The lowest BCUT2D eigenvalue weighted by molar-refractivity contribution is 0.198. The van der Waals surface area contributed by atoms with E-state index in [0.29, 0.717) is 11.6 Å². The number of pyridine rings is 2. The summed E-state index contributed by atoms with van der Waals surface area (Å²) in [5, 5.41) is 4.97. The van der Waals surface area contributed by atoms with Gasteiger partial charge in [0.1, 0.15) is 0 Å². The zero-order valence-electron chi connectivity index (χ0n) is 19.7. The fourth-order valence-electron chi connectivity index (χ4n) is 4.63. The number of hydrogen-bond acceptors (Lipinski definition) is 5. The Kier molecular flexibility index (Phi) is 6.56. The molecule has 1 saturated carbocycles. The molecule has 34 heavy (non-hydrogen) atoms. The maximum atomic E-state index is 6.33. The Morgan fingerprint density at radius 2 is 1.88 bits per heavy atom. The summed E-state index contributed by atoms with van der Waals surface area (Å²) in [4.78, 5) is 8.78. The van der Waals surface area contributed by atoms with E-state index in [2.05, 4.69) is 53.3 Å². The van der Waals surface area contributed by atoms with Crippen molar-refractivity contribution in [1.82, 2.24) is 19.7 Å². The van der Waals surface area contributed by atoms with Crippen LogP contribution in [0, 0.1) is 6.92 Å². The van der Waals surface area contributed by atoms with Crippen LogP contribution in [-0.4, -0.2) is 33.0 Å². The van der Waals surface area contributed by atoms with Gasteiger partial charge in [-0.15, -0.1) is 0 Å². The Morgan fingerprint density at radius 3 is 2.65 bits per heavy atom. The van der Waals surface area contributed by atoms with E-state index in [4.69, 9.17) is 14.6 Å². The molecule has 0 N–H and O–H groups in total. The van der Waals surface area contributed by atoms with Crippen LogP contribution in [0.4, 0.5) is 0 Å². The van der Waals surface area contributed by atoms with E-state index in [1.54, 1.807) is 7.11 Å². The van der Waals surface area contributed by atoms with Gasteiger partial charge in [-0.3, -0.25) is 9.67 Å². The molecule has 6 nitrogen and oxygen atoms in total. The summed E-state index contributed by atoms with van der Waals surface area (Å²) in [7, 11) is 1.64. The highest BCUT2D eigenvalue weighted by atomic mass is 16.5. The van der Waals surface area contributed by atoms with E-state index in [1.807, 2.05) is 41.6 Å². The first-order valence-corrected chi connectivity index (χ1v) is 11.9. The highest BCUT2D eigenvalue weighted by molar-refractivity contribution is 5.59. The third-order valence-corrected chi connectivity index (χ3v) is 6.43. The number of rotatable bonds is 8. The molecule has 3 heterocycles. The largest absolute Gasteiger partial charge is 0.485 e. The first kappa shape index (κ1) is 22.1. The molecule has 0 saturated heterocycles. The average Bonchev–Trinajstić information content (AvgIpc) is 3.56. The van der Waals surface area contributed by atoms with Gasteiger partial charge in [0.2, 0.25) is 0 Å². The summed E-state index contributed by atoms with van der Waals surface area (Å²) in [5.74, 6) is 1.23. The smallest absolute Gasteiger partial charge is 0.256 e. The molecule has 5 rings (SSSR count). The van der Waals surface area contributed by atoms with Crippen LogP contribution in [0.3, 0.4) is 0 Å². The van der Waals surface area contributed by atoms with Crippen LogP contribution in [0.25, 0.3) is 11.3 Å². The van der Waals surface area contributed by atoms with Gasteiger partial charge in [-0.25, -0.2) is 4.98 Å². The molecule has 0 aliphatic heterocycles. The Bertz CT molecular complexity index is 1230. The third-order valence-electron chi connectivity index (χ3n) is 6.43. The van der Waals surface area contributed by atoms with E-state index in [1.165, 1.54) is 24.0 Å². The van der Waals surface area contributed by atoms with Gasteiger partial charge in [-0.1, -0.05) is 23.8 Å². The van der Waals surface area contributed by atoms with Gasteiger partial charge < -0.3 is 9.47 Å². The second-order valence-electron chi connectivity index (χ2n) is 8.93. The predicted octanol–water partition coefficient (Wildman–Crippen LogP) is 5.81. The van der Waals surface area contributed by atoms with Crippen LogP contribution in [0.2, 0.25) is 0 Å². The maximum absolute atomic E-state index is 6.33. The van der Waals surface area contributed by atoms with Crippen LogP contribution in [0.5, 0.6) is 11.6 Å². The van der Waals surface area contributed by atoms with Crippen LogP contribution < -0.4 is 9.47 Å². The minimum atomic E-state index is -0.0507. The van der Waals surface area contributed by atoms with Gasteiger partial charge in [-0.05, 0) is 80.5 Å². The lowest BCUT2D eigenvalue weighted by Gasteiger charge is -2.21. The van der Waals surface area contributed by atoms with E-state index >= 15 is 0 Å². The predicted molar refractivity (Wildman–Crippen MR) is 132 cm³/mol. The molecule has 3 aromatic heterocycles. The van der Waals surface area contributed by atoms with Crippen molar-refractivity contribution in [2.75, 3.05) is 7.11 Å². The molecule has 1 aliphatic carbocycles. The highest BCUT2D eigenvalue weighted by Crippen LogP contribution is 2.34. The lowest BCUT2D eigenvalue weighted by atomic mass is 10.0. The van der Waals surface area contributed by atoms with E-state index in [9.17, 15) is 0 Å². The molecule has 1 atom stereocenters. The summed E-state index contributed by atoms with van der Waals surface area (Å²) in [6, 6.07) is 16.6. The number of nitrogens with zero attached hydrogens (tertiary/aromatic N) is 4. The van der Waals surface area contributed by atoms with Crippen LogP contribution in [0.15, 0.2) is 73.3 Å². The third kappa shape index (κ3) is 4.96. The monoisotopic (exact) mass is 454 g/mol. The summed E-state index contributed by atoms with van der Waals surface area (Å²) in [6.07, 6.45) is 13.1. The second-order valence-corrected chi connectivity index (χ2v) is 8.93. The lowest BCUT2D eigenvalue weighted by Crippen LogP contribution is -2.16. The molecule has 6 heteroatoms. The number of methoxy groups -OCH3 is 1. The van der Waals surface area contributed by atoms with Gasteiger partial charge in [0, 0.05) is 30.4 Å². The van der Waals surface area contributed by atoms with Crippen molar-refractivity contribution in [2.45, 2.75) is 51.2 Å². The van der Waals surface area contributed by atoms with Crippen molar-refractivity contribution >= 4 is 0 Å². The molecule has 0 amide bonds. The van der Waals surface area contributed by atoms with Crippen molar-refractivity contribution in [1.29, 1.82) is 0 Å². The van der Waals surface area contributed by atoms with E-state index in [-0.39, 0.29) is 12.1 Å². The number of benzene rings is 1. The molecule has 1 aromatic carbocycles. The van der Waals surface area contributed by atoms with E-state index in [0.717, 1.165) is 36.1 Å². The SMILES string of the molecule is COc1ncc(C(Cc2ccncc2)n2ccc(-c3cccc(C)c3)n2)cc1OC1CCCC1. The number of aromatic nitrogens is 4. The Balaban J connectivity index is 1.51. The summed E-state index contributed by atoms with van der Waals surface area (Å²) in [5.41, 5.74) is 5.49.